The normalized spacial score (nSPS) is 32.2. The van der Waals surface area contributed by atoms with Crippen LogP contribution in [0.1, 0.15) is 51.4 Å². The quantitative estimate of drug-likeness (QED) is 0.604. The van der Waals surface area contributed by atoms with Crippen LogP contribution in [-0.4, -0.2) is 11.8 Å². The first-order chi connectivity index (χ1) is 15.7. The topological polar surface area (TPSA) is 58.2 Å². The first kappa shape index (κ1) is 20.0. The maximum Gasteiger partial charge on any atom is 0.228 e. The minimum absolute atomic E-state index is 0.199. The van der Waals surface area contributed by atoms with Gasteiger partial charge >= 0.3 is 0 Å². The van der Waals surface area contributed by atoms with Crippen molar-refractivity contribution in [3.05, 3.63) is 48.5 Å². The summed E-state index contributed by atoms with van der Waals surface area (Å²) in [6.07, 6.45) is 10.0. The van der Waals surface area contributed by atoms with Crippen molar-refractivity contribution in [1.29, 1.82) is 0 Å². The summed E-state index contributed by atoms with van der Waals surface area (Å²) in [6.45, 7) is 0. The number of carbonyl (C=O) groups is 2. The van der Waals surface area contributed by atoms with Gasteiger partial charge in [0.1, 0.15) is 0 Å². The molecule has 2 aromatic rings. The Hall–Kier alpha value is -2.62. The molecule has 166 valence electrons. The van der Waals surface area contributed by atoms with Crippen molar-refractivity contribution in [3.8, 4) is 11.1 Å². The van der Waals surface area contributed by atoms with Crippen LogP contribution < -0.4 is 10.6 Å². The van der Waals surface area contributed by atoms with E-state index in [0.717, 1.165) is 22.5 Å². The second-order valence-corrected chi connectivity index (χ2v) is 10.4. The van der Waals surface area contributed by atoms with Gasteiger partial charge in [0.25, 0.3) is 0 Å². The first-order valence-corrected chi connectivity index (χ1v) is 12.5. The predicted molar refractivity (Wildman–Crippen MR) is 127 cm³/mol. The summed E-state index contributed by atoms with van der Waals surface area (Å²) in [5.74, 6) is 3.39. The van der Waals surface area contributed by atoms with Crippen LogP contribution in [0.2, 0.25) is 0 Å². The third kappa shape index (κ3) is 3.74. The van der Waals surface area contributed by atoms with Gasteiger partial charge in [0.2, 0.25) is 11.8 Å². The molecule has 4 aliphatic carbocycles. The number of rotatable bonds is 5. The fourth-order valence-electron chi connectivity index (χ4n) is 6.71. The molecule has 6 rings (SSSR count). The molecular formula is C28H32N2O2. The number of anilines is 2. The molecular weight excluding hydrogens is 396 g/mol. The molecule has 0 radical (unpaired) electrons. The molecule has 0 heterocycles. The number of amides is 2. The molecule has 2 aromatic carbocycles. The van der Waals surface area contributed by atoms with Gasteiger partial charge in [0.05, 0.1) is 0 Å². The van der Waals surface area contributed by atoms with Crippen molar-refractivity contribution in [2.75, 3.05) is 10.6 Å². The van der Waals surface area contributed by atoms with Gasteiger partial charge < -0.3 is 10.6 Å². The van der Waals surface area contributed by atoms with Crippen LogP contribution in [0.15, 0.2) is 48.5 Å². The third-order valence-electron chi connectivity index (χ3n) is 8.56. The Morgan fingerprint density at radius 1 is 0.531 bits per heavy atom. The summed E-state index contributed by atoms with van der Waals surface area (Å²) in [4.78, 5) is 25.2. The van der Waals surface area contributed by atoms with Crippen LogP contribution in [0.3, 0.4) is 0 Å². The fraction of sp³-hybridized carbons (Fsp3) is 0.500. The van der Waals surface area contributed by atoms with E-state index in [1.807, 2.05) is 24.3 Å². The van der Waals surface area contributed by atoms with Gasteiger partial charge in [-0.1, -0.05) is 49.9 Å². The van der Waals surface area contributed by atoms with Gasteiger partial charge in [-0.3, -0.25) is 9.59 Å². The fourth-order valence-corrected chi connectivity index (χ4v) is 6.71. The zero-order valence-corrected chi connectivity index (χ0v) is 18.6. The summed E-state index contributed by atoms with van der Waals surface area (Å²) in [6, 6.07) is 16.2. The number of carbonyl (C=O) groups excluding carboxylic acids is 2. The van der Waals surface area contributed by atoms with E-state index >= 15 is 0 Å². The van der Waals surface area contributed by atoms with Crippen LogP contribution in [-0.2, 0) is 9.59 Å². The lowest BCUT2D eigenvalue weighted by atomic mass is 10.0. The molecule has 0 saturated heterocycles. The van der Waals surface area contributed by atoms with Gasteiger partial charge in [-0.05, 0) is 84.7 Å². The minimum atomic E-state index is 0.199. The van der Waals surface area contributed by atoms with Crippen LogP contribution in [0.5, 0.6) is 0 Å². The van der Waals surface area contributed by atoms with Crippen LogP contribution in [0.4, 0.5) is 11.4 Å². The highest BCUT2D eigenvalue weighted by molar-refractivity contribution is 5.96. The number of fused-ring (bicyclic) bond motifs is 2. The second-order valence-electron chi connectivity index (χ2n) is 10.4. The van der Waals surface area contributed by atoms with Crippen molar-refractivity contribution in [2.24, 2.45) is 35.5 Å². The Labute approximate surface area is 190 Å². The molecule has 0 unspecified atom stereocenters. The van der Waals surface area contributed by atoms with Gasteiger partial charge in [-0.2, -0.15) is 0 Å². The lowest BCUT2D eigenvalue weighted by Gasteiger charge is -2.09. The van der Waals surface area contributed by atoms with Crippen LogP contribution >= 0.6 is 0 Å². The van der Waals surface area contributed by atoms with Crippen LogP contribution in [0.25, 0.3) is 11.1 Å². The molecule has 4 atom stereocenters. The average Bonchev–Trinajstić information content (AvgIpc) is 3.72. The Morgan fingerprint density at radius 2 is 0.844 bits per heavy atom. The van der Waals surface area contributed by atoms with E-state index in [1.165, 1.54) is 51.4 Å². The maximum absolute atomic E-state index is 12.6. The Balaban J connectivity index is 1.05. The molecule has 4 fully saturated rings. The smallest absolute Gasteiger partial charge is 0.228 e. The van der Waals surface area contributed by atoms with Gasteiger partial charge in [-0.25, -0.2) is 0 Å². The molecule has 4 aliphatic rings. The number of nitrogens with one attached hydrogen (secondary N) is 2. The summed E-state index contributed by atoms with van der Waals surface area (Å²) in [5, 5.41) is 6.24. The molecule has 0 aromatic heterocycles. The Morgan fingerprint density at radius 3 is 1.16 bits per heavy atom. The van der Waals surface area contributed by atoms with E-state index in [-0.39, 0.29) is 23.7 Å². The SMILES string of the molecule is O=C(Nc1ccc(-c2ccc(NC(=O)C3[C@H]4CCCC[C@H]34)cc2)cc1)C1[C@H]2CCCC[C@H]12. The predicted octanol–water partition coefficient (Wildman–Crippen LogP) is 6.10. The lowest BCUT2D eigenvalue weighted by Crippen LogP contribution is -2.15. The standard InChI is InChI=1S/C28H32N2O2/c31-27(25-21-5-1-2-6-22(21)25)29-19-13-9-17(10-14-19)18-11-15-20(16-12-18)30-28(32)26-23-7-3-4-8-24(23)26/h9-16,21-26H,1-8H2,(H,29,31)(H,30,32)/t21-,22-,23-,24-/m0/s1. The van der Waals surface area contributed by atoms with Crippen molar-refractivity contribution in [1.82, 2.24) is 0 Å². The second kappa shape index (κ2) is 8.06. The van der Waals surface area contributed by atoms with Gasteiger partial charge in [0, 0.05) is 23.2 Å². The summed E-state index contributed by atoms with van der Waals surface area (Å²) < 4.78 is 0. The number of hydrogen-bond donors (Lipinski definition) is 2. The van der Waals surface area contributed by atoms with Crippen molar-refractivity contribution >= 4 is 23.2 Å². The van der Waals surface area contributed by atoms with E-state index in [1.54, 1.807) is 0 Å². The molecule has 2 amide bonds. The largest absolute Gasteiger partial charge is 0.326 e. The van der Waals surface area contributed by atoms with E-state index in [9.17, 15) is 9.59 Å². The molecule has 0 bridgehead atoms. The molecule has 4 nitrogen and oxygen atoms in total. The monoisotopic (exact) mass is 428 g/mol. The molecule has 0 spiro atoms. The maximum atomic E-state index is 12.6. The molecule has 0 aliphatic heterocycles. The van der Waals surface area contributed by atoms with Crippen molar-refractivity contribution in [3.63, 3.8) is 0 Å². The summed E-state index contributed by atoms with van der Waals surface area (Å²) in [5.41, 5.74) is 3.96. The summed E-state index contributed by atoms with van der Waals surface area (Å²) in [7, 11) is 0. The van der Waals surface area contributed by atoms with Crippen molar-refractivity contribution in [2.45, 2.75) is 51.4 Å². The van der Waals surface area contributed by atoms with E-state index in [0.29, 0.717) is 23.7 Å². The van der Waals surface area contributed by atoms with Crippen LogP contribution in [0, 0.1) is 35.5 Å². The first-order valence-electron chi connectivity index (χ1n) is 12.5. The highest BCUT2D eigenvalue weighted by atomic mass is 16.2. The molecule has 4 saturated carbocycles. The van der Waals surface area contributed by atoms with E-state index in [4.69, 9.17) is 0 Å². The van der Waals surface area contributed by atoms with E-state index < -0.39 is 0 Å². The molecule has 4 heteroatoms. The minimum Gasteiger partial charge on any atom is -0.326 e. The Kier molecular flexibility index (Phi) is 5.04. The lowest BCUT2D eigenvalue weighted by molar-refractivity contribution is -0.118. The van der Waals surface area contributed by atoms with Gasteiger partial charge in [-0.15, -0.1) is 0 Å². The zero-order chi connectivity index (χ0) is 21.7. The highest BCUT2D eigenvalue weighted by Crippen LogP contribution is 2.56. The Bertz CT molecular complexity index is 905. The van der Waals surface area contributed by atoms with Crippen molar-refractivity contribution < 1.29 is 9.59 Å². The average molecular weight is 429 g/mol. The van der Waals surface area contributed by atoms with E-state index in [2.05, 4.69) is 34.9 Å². The third-order valence-corrected chi connectivity index (χ3v) is 8.56. The number of hydrogen-bond acceptors (Lipinski definition) is 2. The highest BCUT2D eigenvalue weighted by Gasteiger charge is 2.55. The molecule has 32 heavy (non-hydrogen) atoms. The van der Waals surface area contributed by atoms with Gasteiger partial charge in [0.15, 0.2) is 0 Å². The molecule has 2 N–H and O–H groups in total. The zero-order valence-electron chi connectivity index (χ0n) is 18.6. The number of benzene rings is 2. The summed E-state index contributed by atoms with van der Waals surface area (Å²) >= 11 is 0.